The molecule has 3 heterocycles. The lowest BCUT2D eigenvalue weighted by Crippen LogP contribution is -2.17. The standard InChI is InChI=1S/C15H14F3N3O3/c1-21-11(5-12(20-21)15(16,17)18)8-4-9(7-19-6-8)13-10(14(22)23)2-3-24-13/h4-7,10,13H,2-3H2,1H3,(H,22,23)/t10-,13+/m1/s1. The number of aliphatic carboxylic acids is 1. The molecule has 0 aromatic carbocycles. The van der Waals surface area contributed by atoms with Crippen molar-refractivity contribution >= 4 is 5.97 Å². The van der Waals surface area contributed by atoms with E-state index in [1.54, 1.807) is 6.07 Å². The van der Waals surface area contributed by atoms with E-state index in [4.69, 9.17) is 4.74 Å². The molecule has 2 aromatic rings. The predicted molar refractivity (Wildman–Crippen MR) is 75.9 cm³/mol. The molecular formula is C15H14F3N3O3. The van der Waals surface area contributed by atoms with Crippen molar-refractivity contribution in [3.05, 3.63) is 35.8 Å². The number of alkyl halides is 3. The summed E-state index contributed by atoms with van der Waals surface area (Å²) in [5.74, 6) is -1.66. The second-order valence-corrected chi connectivity index (χ2v) is 5.57. The van der Waals surface area contributed by atoms with Crippen LogP contribution in [0.3, 0.4) is 0 Å². The van der Waals surface area contributed by atoms with E-state index in [9.17, 15) is 23.1 Å². The van der Waals surface area contributed by atoms with Crippen molar-refractivity contribution in [2.75, 3.05) is 6.61 Å². The number of carboxylic acid groups (broad SMARTS) is 1. The highest BCUT2D eigenvalue weighted by atomic mass is 19.4. The monoisotopic (exact) mass is 341 g/mol. The highest BCUT2D eigenvalue weighted by molar-refractivity contribution is 5.71. The van der Waals surface area contributed by atoms with Gasteiger partial charge >= 0.3 is 12.1 Å². The molecule has 0 unspecified atom stereocenters. The van der Waals surface area contributed by atoms with Gasteiger partial charge in [0.1, 0.15) is 0 Å². The molecule has 128 valence electrons. The van der Waals surface area contributed by atoms with E-state index in [1.165, 1.54) is 19.4 Å². The van der Waals surface area contributed by atoms with Crippen LogP contribution in [0.4, 0.5) is 13.2 Å². The number of nitrogens with zero attached hydrogens (tertiary/aromatic N) is 3. The van der Waals surface area contributed by atoms with Crippen molar-refractivity contribution in [1.82, 2.24) is 14.8 Å². The van der Waals surface area contributed by atoms with Crippen LogP contribution in [0.25, 0.3) is 11.3 Å². The molecule has 0 radical (unpaired) electrons. The molecule has 2 aromatic heterocycles. The van der Waals surface area contributed by atoms with Crippen molar-refractivity contribution in [2.24, 2.45) is 13.0 Å². The summed E-state index contributed by atoms with van der Waals surface area (Å²) in [6.07, 6.45) is -1.94. The summed E-state index contributed by atoms with van der Waals surface area (Å²) in [5.41, 5.74) is 0.178. The van der Waals surface area contributed by atoms with Crippen molar-refractivity contribution in [1.29, 1.82) is 0 Å². The highest BCUT2D eigenvalue weighted by Crippen LogP contribution is 2.36. The van der Waals surface area contributed by atoms with Gasteiger partial charge in [0.05, 0.1) is 17.7 Å². The Hall–Kier alpha value is -2.42. The minimum absolute atomic E-state index is 0.238. The summed E-state index contributed by atoms with van der Waals surface area (Å²) in [5, 5.41) is 12.7. The minimum atomic E-state index is -4.54. The van der Waals surface area contributed by atoms with E-state index >= 15 is 0 Å². The number of rotatable bonds is 3. The van der Waals surface area contributed by atoms with Crippen LogP contribution in [0, 0.1) is 5.92 Å². The van der Waals surface area contributed by atoms with Gasteiger partial charge in [-0.15, -0.1) is 0 Å². The predicted octanol–water partition coefficient (Wildman–Crippen LogP) is 2.66. The first-order valence-corrected chi connectivity index (χ1v) is 7.18. The third-order valence-electron chi connectivity index (χ3n) is 3.96. The second-order valence-electron chi connectivity index (χ2n) is 5.57. The molecular weight excluding hydrogens is 327 g/mol. The molecule has 1 N–H and O–H groups in total. The Kier molecular flexibility index (Phi) is 4.04. The molecule has 24 heavy (non-hydrogen) atoms. The van der Waals surface area contributed by atoms with E-state index in [2.05, 4.69) is 10.1 Å². The number of aromatic nitrogens is 3. The Bertz CT molecular complexity index is 773. The highest BCUT2D eigenvalue weighted by Gasteiger charge is 2.36. The summed E-state index contributed by atoms with van der Waals surface area (Å²) >= 11 is 0. The SMILES string of the molecule is Cn1nc(C(F)(F)F)cc1-c1cncc([C@@H]2OCC[C@H]2C(=O)O)c1. The van der Waals surface area contributed by atoms with Crippen LogP contribution < -0.4 is 0 Å². The number of halogens is 3. The molecule has 9 heteroatoms. The topological polar surface area (TPSA) is 77.2 Å². The number of carboxylic acids is 1. The molecule has 0 spiro atoms. The van der Waals surface area contributed by atoms with Gasteiger partial charge in [0.2, 0.25) is 0 Å². The largest absolute Gasteiger partial charge is 0.481 e. The Balaban J connectivity index is 1.97. The summed E-state index contributed by atoms with van der Waals surface area (Å²) in [7, 11) is 1.41. The zero-order valence-electron chi connectivity index (χ0n) is 12.6. The second kappa shape index (κ2) is 5.90. The molecule has 2 atom stereocenters. The number of aryl methyl sites for hydroxylation is 1. The van der Waals surface area contributed by atoms with Crippen LogP contribution in [0.5, 0.6) is 0 Å². The molecule has 1 fully saturated rings. The Labute approximate surface area is 134 Å². The average molecular weight is 341 g/mol. The Morgan fingerprint density at radius 1 is 1.38 bits per heavy atom. The molecule has 1 aliphatic heterocycles. The quantitative estimate of drug-likeness (QED) is 0.929. The third kappa shape index (κ3) is 2.99. The normalized spacial score (nSPS) is 21.2. The summed E-state index contributed by atoms with van der Waals surface area (Å²) < 4.78 is 44.9. The van der Waals surface area contributed by atoms with Gasteiger partial charge in [0.25, 0.3) is 0 Å². The maximum Gasteiger partial charge on any atom is 0.435 e. The Morgan fingerprint density at radius 3 is 2.75 bits per heavy atom. The van der Waals surface area contributed by atoms with Crippen LogP contribution in [-0.2, 0) is 22.8 Å². The van der Waals surface area contributed by atoms with Gasteiger partial charge in [-0.3, -0.25) is 14.5 Å². The molecule has 1 aliphatic rings. The summed E-state index contributed by atoms with van der Waals surface area (Å²) in [6, 6.07) is 2.53. The van der Waals surface area contributed by atoms with E-state index < -0.39 is 29.9 Å². The lowest BCUT2D eigenvalue weighted by Gasteiger charge is -2.15. The van der Waals surface area contributed by atoms with E-state index in [1.807, 2.05) is 0 Å². The fourth-order valence-corrected chi connectivity index (χ4v) is 2.80. The van der Waals surface area contributed by atoms with Crippen LogP contribution in [-0.4, -0.2) is 32.4 Å². The first-order valence-electron chi connectivity index (χ1n) is 7.18. The maximum absolute atomic E-state index is 12.8. The molecule has 0 aliphatic carbocycles. The average Bonchev–Trinajstić information content (AvgIpc) is 3.13. The molecule has 0 saturated carbocycles. The number of hydrogen-bond donors (Lipinski definition) is 1. The van der Waals surface area contributed by atoms with Gasteiger partial charge in [-0.25, -0.2) is 0 Å². The lowest BCUT2D eigenvalue weighted by molar-refractivity contribution is -0.144. The van der Waals surface area contributed by atoms with Crippen LogP contribution in [0.2, 0.25) is 0 Å². The maximum atomic E-state index is 12.8. The number of pyridine rings is 1. The first-order chi connectivity index (χ1) is 11.3. The Morgan fingerprint density at radius 2 is 2.12 bits per heavy atom. The lowest BCUT2D eigenvalue weighted by atomic mass is 9.95. The molecule has 6 nitrogen and oxygen atoms in total. The van der Waals surface area contributed by atoms with Gasteiger partial charge < -0.3 is 9.84 Å². The van der Waals surface area contributed by atoms with Gasteiger partial charge in [-0.05, 0) is 18.6 Å². The fourth-order valence-electron chi connectivity index (χ4n) is 2.80. The van der Waals surface area contributed by atoms with Gasteiger partial charge in [-0.2, -0.15) is 18.3 Å². The summed E-state index contributed by atoms with van der Waals surface area (Å²) in [6.45, 7) is 0.315. The van der Waals surface area contributed by atoms with Crippen LogP contribution in [0.1, 0.15) is 23.8 Å². The van der Waals surface area contributed by atoms with Crippen molar-refractivity contribution in [2.45, 2.75) is 18.7 Å². The molecule has 3 rings (SSSR count). The number of ether oxygens (including phenoxy) is 1. The molecule has 0 bridgehead atoms. The molecule has 1 saturated heterocycles. The summed E-state index contributed by atoms with van der Waals surface area (Å²) in [4.78, 5) is 15.3. The number of carbonyl (C=O) groups is 1. The number of hydrogen-bond acceptors (Lipinski definition) is 4. The van der Waals surface area contributed by atoms with E-state index in [0.29, 0.717) is 24.2 Å². The first kappa shape index (κ1) is 16.4. The zero-order chi connectivity index (χ0) is 17.5. The van der Waals surface area contributed by atoms with E-state index in [-0.39, 0.29) is 5.69 Å². The third-order valence-corrected chi connectivity index (χ3v) is 3.96. The molecule has 0 amide bonds. The van der Waals surface area contributed by atoms with Crippen molar-refractivity contribution in [3.8, 4) is 11.3 Å². The van der Waals surface area contributed by atoms with Gasteiger partial charge in [0, 0.05) is 37.2 Å². The van der Waals surface area contributed by atoms with Crippen molar-refractivity contribution < 1.29 is 27.8 Å². The van der Waals surface area contributed by atoms with Crippen molar-refractivity contribution in [3.63, 3.8) is 0 Å². The van der Waals surface area contributed by atoms with Gasteiger partial charge in [0.15, 0.2) is 5.69 Å². The minimum Gasteiger partial charge on any atom is -0.481 e. The van der Waals surface area contributed by atoms with Gasteiger partial charge in [-0.1, -0.05) is 0 Å². The van der Waals surface area contributed by atoms with Crippen LogP contribution in [0.15, 0.2) is 24.5 Å². The smallest absolute Gasteiger partial charge is 0.435 e. The van der Waals surface area contributed by atoms with Crippen LogP contribution >= 0.6 is 0 Å². The fraction of sp³-hybridized carbons (Fsp3) is 0.400. The van der Waals surface area contributed by atoms with E-state index in [0.717, 1.165) is 10.7 Å². The zero-order valence-corrected chi connectivity index (χ0v) is 12.6.